The van der Waals surface area contributed by atoms with Crippen LogP contribution in [0.15, 0.2) is 59.5 Å². The molecule has 0 saturated heterocycles. The van der Waals surface area contributed by atoms with E-state index in [1.165, 1.54) is 0 Å². The number of para-hydroxylation sites is 1. The van der Waals surface area contributed by atoms with Crippen molar-refractivity contribution in [1.82, 2.24) is 10.6 Å². The monoisotopic (exact) mass is 394 g/mol. The van der Waals surface area contributed by atoms with Crippen LogP contribution in [0.2, 0.25) is 0 Å². The van der Waals surface area contributed by atoms with E-state index in [1.54, 1.807) is 13.2 Å². The lowest BCUT2D eigenvalue weighted by molar-refractivity contribution is 0.235. The van der Waals surface area contributed by atoms with Gasteiger partial charge in [0.2, 0.25) is 0 Å². The first-order valence-electron chi connectivity index (χ1n) is 9.46. The number of carbonyl (C=O) groups is 1. The number of nitrogens with one attached hydrogen (secondary N) is 2. The van der Waals surface area contributed by atoms with E-state index in [0.717, 1.165) is 39.4 Å². The van der Waals surface area contributed by atoms with Crippen LogP contribution >= 0.6 is 0 Å². The fourth-order valence-corrected chi connectivity index (χ4v) is 3.19. The number of urea groups is 1. The quantitative estimate of drug-likeness (QED) is 0.535. The maximum atomic E-state index is 12.4. The first-order valence-corrected chi connectivity index (χ1v) is 9.46. The summed E-state index contributed by atoms with van der Waals surface area (Å²) in [6.45, 7) is 8.28. The van der Waals surface area contributed by atoms with Gasteiger partial charge in [0.05, 0.1) is 13.2 Å². The largest absolute Gasteiger partial charge is 0.497 e. The third-order valence-corrected chi connectivity index (χ3v) is 4.69. The van der Waals surface area contributed by atoms with Gasteiger partial charge in [0.25, 0.3) is 0 Å². The molecule has 2 amide bonds. The molecule has 0 bridgehead atoms. The lowest BCUT2D eigenvalue weighted by Crippen LogP contribution is -2.36. The Kier molecular flexibility index (Phi) is 6.44. The van der Waals surface area contributed by atoms with Crippen LogP contribution in [-0.4, -0.2) is 19.7 Å². The van der Waals surface area contributed by atoms with Gasteiger partial charge in [-0.2, -0.15) is 0 Å². The molecule has 6 heteroatoms. The molecule has 0 aliphatic rings. The summed E-state index contributed by atoms with van der Waals surface area (Å²) in [6, 6.07) is 12.7. The van der Waals surface area contributed by atoms with Crippen molar-refractivity contribution in [2.75, 3.05) is 13.7 Å². The highest BCUT2D eigenvalue weighted by Crippen LogP contribution is 2.31. The summed E-state index contributed by atoms with van der Waals surface area (Å²) in [5.74, 6) is 2.21. The fourth-order valence-electron chi connectivity index (χ4n) is 3.19. The third kappa shape index (κ3) is 4.71. The Balaban J connectivity index is 1.65. The van der Waals surface area contributed by atoms with Gasteiger partial charge in [0.1, 0.15) is 29.4 Å². The van der Waals surface area contributed by atoms with Gasteiger partial charge in [0, 0.05) is 23.1 Å². The highest BCUT2D eigenvalue weighted by atomic mass is 16.5. The van der Waals surface area contributed by atoms with Crippen LogP contribution in [0, 0.1) is 6.92 Å². The summed E-state index contributed by atoms with van der Waals surface area (Å²) >= 11 is 0. The lowest BCUT2D eigenvalue weighted by Gasteiger charge is -2.15. The SMILES string of the molecule is C=CCOc1ccccc1CNC(=O)NC(C)c1oc2ccc(OC)cc2c1C. The molecule has 1 aromatic heterocycles. The number of benzene rings is 2. The highest BCUT2D eigenvalue weighted by molar-refractivity contribution is 5.84. The minimum Gasteiger partial charge on any atom is -0.497 e. The second kappa shape index (κ2) is 9.19. The summed E-state index contributed by atoms with van der Waals surface area (Å²) in [5, 5.41) is 6.77. The highest BCUT2D eigenvalue weighted by Gasteiger charge is 2.19. The molecule has 2 aromatic carbocycles. The fraction of sp³-hybridized carbons (Fsp3) is 0.261. The van der Waals surface area contributed by atoms with Crippen molar-refractivity contribution in [3.63, 3.8) is 0 Å². The third-order valence-electron chi connectivity index (χ3n) is 4.69. The van der Waals surface area contributed by atoms with E-state index in [2.05, 4.69) is 17.2 Å². The molecule has 6 nitrogen and oxygen atoms in total. The minimum atomic E-state index is -0.291. The smallest absolute Gasteiger partial charge is 0.315 e. The van der Waals surface area contributed by atoms with Crippen molar-refractivity contribution >= 4 is 17.0 Å². The normalized spacial score (nSPS) is 11.7. The van der Waals surface area contributed by atoms with E-state index in [9.17, 15) is 4.79 Å². The predicted molar refractivity (Wildman–Crippen MR) is 113 cm³/mol. The van der Waals surface area contributed by atoms with Crippen molar-refractivity contribution in [1.29, 1.82) is 0 Å². The zero-order chi connectivity index (χ0) is 20.8. The molecule has 0 aliphatic heterocycles. The van der Waals surface area contributed by atoms with E-state index in [-0.39, 0.29) is 12.1 Å². The van der Waals surface area contributed by atoms with Crippen molar-refractivity contribution < 1.29 is 18.7 Å². The molecular formula is C23H26N2O4. The molecule has 0 aliphatic carbocycles. The zero-order valence-corrected chi connectivity index (χ0v) is 17.0. The number of fused-ring (bicyclic) bond motifs is 1. The second-order valence-corrected chi connectivity index (χ2v) is 6.71. The van der Waals surface area contributed by atoms with Crippen LogP contribution in [0.5, 0.6) is 11.5 Å². The zero-order valence-electron chi connectivity index (χ0n) is 17.0. The maximum absolute atomic E-state index is 12.4. The number of carbonyl (C=O) groups excluding carboxylic acids is 1. The van der Waals surface area contributed by atoms with Gasteiger partial charge in [0.15, 0.2) is 0 Å². The Bertz CT molecular complexity index is 1010. The first-order chi connectivity index (χ1) is 14.0. The van der Waals surface area contributed by atoms with Gasteiger partial charge >= 0.3 is 6.03 Å². The number of ether oxygens (including phenoxy) is 2. The van der Waals surface area contributed by atoms with Gasteiger partial charge in [-0.25, -0.2) is 4.79 Å². The Labute approximate surface area is 170 Å². The standard InChI is InChI=1S/C23H26N2O4/c1-5-12-28-20-9-7-6-8-17(20)14-24-23(26)25-16(3)22-15(2)19-13-18(27-4)10-11-21(19)29-22/h5-11,13,16H,1,12,14H2,2-4H3,(H2,24,25,26). The molecule has 3 aromatic rings. The van der Waals surface area contributed by atoms with Gasteiger partial charge in [-0.05, 0) is 38.1 Å². The molecule has 0 saturated carbocycles. The van der Waals surface area contributed by atoms with E-state index in [4.69, 9.17) is 13.9 Å². The number of furan rings is 1. The van der Waals surface area contributed by atoms with Gasteiger partial charge < -0.3 is 24.5 Å². The second-order valence-electron chi connectivity index (χ2n) is 6.71. The van der Waals surface area contributed by atoms with E-state index < -0.39 is 0 Å². The van der Waals surface area contributed by atoms with Crippen molar-refractivity contribution in [3.8, 4) is 11.5 Å². The Morgan fingerprint density at radius 2 is 2.07 bits per heavy atom. The molecule has 152 valence electrons. The average Bonchev–Trinajstić information content (AvgIpc) is 3.07. The Morgan fingerprint density at radius 1 is 1.28 bits per heavy atom. The maximum Gasteiger partial charge on any atom is 0.315 e. The summed E-state index contributed by atoms with van der Waals surface area (Å²) in [5.41, 5.74) is 2.64. The van der Waals surface area contributed by atoms with E-state index >= 15 is 0 Å². The minimum absolute atomic E-state index is 0.284. The number of rotatable bonds is 8. The van der Waals surface area contributed by atoms with Crippen molar-refractivity contribution in [3.05, 3.63) is 72.0 Å². The van der Waals surface area contributed by atoms with Crippen molar-refractivity contribution in [2.45, 2.75) is 26.4 Å². The Hall–Kier alpha value is -3.41. The first kappa shape index (κ1) is 20.3. The molecule has 0 fully saturated rings. The number of amides is 2. The number of hydrogen-bond donors (Lipinski definition) is 2. The summed E-state index contributed by atoms with van der Waals surface area (Å²) in [7, 11) is 1.63. The summed E-state index contributed by atoms with van der Waals surface area (Å²) in [6.07, 6.45) is 1.68. The molecule has 0 radical (unpaired) electrons. The van der Waals surface area contributed by atoms with Crippen LogP contribution in [0.1, 0.15) is 29.9 Å². The average molecular weight is 394 g/mol. The van der Waals surface area contributed by atoms with Gasteiger partial charge in [-0.15, -0.1) is 0 Å². The van der Waals surface area contributed by atoms with Gasteiger partial charge in [-0.1, -0.05) is 30.9 Å². The molecule has 1 unspecified atom stereocenters. The topological polar surface area (TPSA) is 72.7 Å². The number of methoxy groups -OCH3 is 1. The summed E-state index contributed by atoms with van der Waals surface area (Å²) in [4.78, 5) is 12.4. The molecule has 29 heavy (non-hydrogen) atoms. The molecule has 0 spiro atoms. The van der Waals surface area contributed by atoms with E-state index in [1.807, 2.05) is 56.3 Å². The number of hydrogen-bond acceptors (Lipinski definition) is 4. The Morgan fingerprint density at radius 3 is 2.83 bits per heavy atom. The van der Waals surface area contributed by atoms with Crippen LogP contribution in [0.3, 0.4) is 0 Å². The van der Waals surface area contributed by atoms with Crippen LogP contribution < -0.4 is 20.1 Å². The predicted octanol–water partition coefficient (Wildman–Crippen LogP) is 4.88. The van der Waals surface area contributed by atoms with Crippen LogP contribution in [0.25, 0.3) is 11.0 Å². The summed E-state index contributed by atoms with van der Waals surface area (Å²) < 4.78 is 16.9. The molecule has 1 atom stereocenters. The molecular weight excluding hydrogens is 368 g/mol. The molecule has 2 N–H and O–H groups in total. The lowest BCUT2D eigenvalue weighted by atomic mass is 10.1. The van der Waals surface area contributed by atoms with Crippen LogP contribution in [0.4, 0.5) is 4.79 Å². The van der Waals surface area contributed by atoms with Gasteiger partial charge in [-0.3, -0.25) is 0 Å². The van der Waals surface area contributed by atoms with Crippen molar-refractivity contribution in [2.24, 2.45) is 0 Å². The molecule has 3 rings (SSSR count). The number of aryl methyl sites for hydroxylation is 1. The van der Waals surface area contributed by atoms with Crippen LogP contribution in [-0.2, 0) is 6.54 Å². The van der Waals surface area contributed by atoms with E-state index in [0.29, 0.717) is 13.2 Å². The molecule has 1 heterocycles.